The summed E-state index contributed by atoms with van der Waals surface area (Å²) in [6.07, 6.45) is 5.30. The van der Waals surface area contributed by atoms with Crippen molar-refractivity contribution in [1.82, 2.24) is 43.8 Å². The molecule has 0 spiro atoms. The fraction of sp³-hybridized carbons (Fsp3) is 0.639. The normalized spacial score (nSPS) is 14.8. The van der Waals surface area contributed by atoms with Crippen molar-refractivity contribution >= 4 is 37.5 Å². The van der Waals surface area contributed by atoms with Gasteiger partial charge in [-0.25, -0.2) is 45.1 Å². The van der Waals surface area contributed by atoms with E-state index in [2.05, 4.69) is 67.3 Å². The van der Waals surface area contributed by atoms with Crippen LogP contribution in [0.25, 0.3) is 0 Å². The maximum absolute atomic E-state index is 12.7. The molecule has 18 nitrogen and oxygen atoms in total. The maximum atomic E-state index is 12.7. The van der Waals surface area contributed by atoms with E-state index in [0.717, 1.165) is 42.8 Å². The van der Waals surface area contributed by atoms with Gasteiger partial charge < -0.3 is 15.2 Å². The summed E-state index contributed by atoms with van der Waals surface area (Å²) in [6.45, 7) is 26.9. The van der Waals surface area contributed by atoms with Crippen LogP contribution in [-0.4, -0.2) is 81.5 Å². The zero-order valence-electron chi connectivity index (χ0n) is 34.9. The van der Waals surface area contributed by atoms with E-state index in [1.165, 1.54) is 17.1 Å². The summed E-state index contributed by atoms with van der Waals surface area (Å²) < 4.78 is 67.1. The quantitative estimate of drug-likeness (QED) is 0.247. The smallest absolute Gasteiger partial charge is 0.334 e. The summed E-state index contributed by atoms with van der Waals surface area (Å²) >= 11 is 0. The molecule has 312 valence electrons. The number of nitrogens with one attached hydrogen (secondary N) is 2. The largest absolute Gasteiger partial charge is 0.477 e. The second kappa shape index (κ2) is 15.7. The first kappa shape index (κ1) is 44.1. The number of amides is 2. The molecule has 6 heterocycles. The van der Waals surface area contributed by atoms with Gasteiger partial charge in [0.2, 0.25) is 11.8 Å². The fourth-order valence-corrected chi connectivity index (χ4v) is 7.20. The van der Waals surface area contributed by atoms with Crippen LogP contribution in [0.15, 0.2) is 34.3 Å². The highest BCUT2D eigenvalue weighted by molar-refractivity contribution is 7.91. The summed E-state index contributed by atoms with van der Waals surface area (Å²) in [5.74, 6) is 1.67. The Morgan fingerprint density at radius 2 is 1.16 bits per heavy atom. The van der Waals surface area contributed by atoms with Gasteiger partial charge in [-0.15, -0.1) is 0 Å². The predicted molar refractivity (Wildman–Crippen MR) is 213 cm³/mol. The van der Waals surface area contributed by atoms with E-state index in [-0.39, 0.29) is 32.0 Å². The Balaban J connectivity index is 0.000000213. The van der Waals surface area contributed by atoms with Gasteiger partial charge in [0, 0.05) is 55.1 Å². The SMILES string of the molecule is CC(C)(C)c1cc(N)n(C(C)(C)C)n1.CC(C)(C)c1cc(NC(=O)NS(=O)(=O)c2cnn3c2OCCC3)n(C(C)(C)C)n1.CS(=O)(=O)c1cnn2c1OCCC2. The number of nitrogens with zero attached hydrogens (tertiary/aromatic N) is 8. The summed E-state index contributed by atoms with van der Waals surface area (Å²) in [5, 5.41) is 19.7. The number of rotatable bonds is 4. The Morgan fingerprint density at radius 3 is 1.59 bits per heavy atom. The third kappa shape index (κ3) is 10.6. The van der Waals surface area contributed by atoms with Crippen LogP contribution < -0.4 is 25.2 Å². The van der Waals surface area contributed by atoms with Gasteiger partial charge in [0.25, 0.3) is 10.0 Å². The topological polar surface area (TPSA) is 225 Å². The van der Waals surface area contributed by atoms with E-state index in [1.807, 2.05) is 57.0 Å². The minimum atomic E-state index is -4.15. The number of sulfone groups is 1. The molecule has 0 radical (unpaired) electrons. The van der Waals surface area contributed by atoms with Gasteiger partial charge in [0.1, 0.15) is 16.5 Å². The number of nitrogen functional groups attached to an aromatic ring is 1. The van der Waals surface area contributed by atoms with E-state index >= 15 is 0 Å². The summed E-state index contributed by atoms with van der Waals surface area (Å²) in [7, 11) is -7.36. The summed E-state index contributed by atoms with van der Waals surface area (Å²) in [5.41, 5.74) is 7.12. The number of ether oxygens (including phenoxy) is 2. The van der Waals surface area contributed by atoms with E-state index in [9.17, 15) is 21.6 Å². The second-order valence-corrected chi connectivity index (χ2v) is 21.5. The molecule has 2 aliphatic heterocycles. The van der Waals surface area contributed by atoms with Crippen molar-refractivity contribution in [3.63, 3.8) is 0 Å². The van der Waals surface area contributed by atoms with E-state index in [4.69, 9.17) is 15.2 Å². The first-order valence-corrected chi connectivity index (χ1v) is 21.8. The van der Waals surface area contributed by atoms with Gasteiger partial charge in [-0.1, -0.05) is 41.5 Å². The van der Waals surface area contributed by atoms with Crippen LogP contribution in [0.4, 0.5) is 16.4 Å². The van der Waals surface area contributed by atoms with Gasteiger partial charge in [0.15, 0.2) is 14.7 Å². The molecular formula is C36H59N11O7S2. The molecule has 0 atom stereocenters. The molecule has 4 aromatic heterocycles. The lowest BCUT2D eigenvalue weighted by Gasteiger charge is -2.23. The number of urea groups is 1. The van der Waals surface area contributed by atoms with Crippen LogP contribution >= 0.6 is 0 Å². The molecule has 4 N–H and O–H groups in total. The Labute approximate surface area is 330 Å². The molecule has 0 saturated heterocycles. The molecule has 0 unspecified atom stereocenters. The molecule has 2 amide bonds. The van der Waals surface area contributed by atoms with Crippen LogP contribution in [0.1, 0.15) is 107 Å². The van der Waals surface area contributed by atoms with Crippen LogP contribution in [-0.2, 0) is 54.9 Å². The monoisotopic (exact) mass is 821 g/mol. The Kier molecular flexibility index (Phi) is 12.4. The molecule has 6 rings (SSSR count). The van der Waals surface area contributed by atoms with Crippen molar-refractivity contribution in [2.75, 3.05) is 30.5 Å². The van der Waals surface area contributed by atoms with Crippen LogP contribution in [0.2, 0.25) is 0 Å². The summed E-state index contributed by atoms with van der Waals surface area (Å²) in [4.78, 5) is 12.5. The first-order chi connectivity index (χ1) is 25.5. The number of hydrogen-bond acceptors (Lipinski definition) is 12. The minimum Gasteiger partial charge on any atom is -0.477 e. The highest BCUT2D eigenvalue weighted by Crippen LogP contribution is 2.30. The molecular weight excluding hydrogens is 763 g/mol. The highest BCUT2D eigenvalue weighted by atomic mass is 32.2. The molecule has 20 heteroatoms. The summed E-state index contributed by atoms with van der Waals surface area (Å²) in [6, 6.07) is 2.83. The standard InChI is InChI=1S/C18H28N6O4S.C11H21N3.C7H10N2O3S/c1-17(2,3)13-10-14(24(21-13)18(4,5)6)20-16(25)22-29(26,27)12-11-19-23-8-7-9-28-15(12)23;1-10(2,3)8-7-9(12)14(13-8)11(4,5)6;1-13(10,11)6-5-8-9-3-2-4-12-7(6)9/h10-11H,7-9H2,1-6H3,(H2,20,22,25);7H,12H2,1-6H3;5H,2-4H2,1H3. The number of hydrogen-bond donors (Lipinski definition) is 3. The lowest BCUT2D eigenvalue weighted by Crippen LogP contribution is -2.36. The molecule has 0 aromatic carbocycles. The molecule has 0 bridgehead atoms. The molecule has 2 aliphatic rings. The molecule has 0 aliphatic carbocycles. The van der Waals surface area contributed by atoms with Gasteiger partial charge in [-0.3, -0.25) is 5.32 Å². The number of aromatic nitrogens is 8. The van der Waals surface area contributed by atoms with Crippen LogP contribution in [0.5, 0.6) is 11.8 Å². The Morgan fingerprint density at radius 1 is 0.714 bits per heavy atom. The van der Waals surface area contributed by atoms with Gasteiger partial charge in [0.05, 0.1) is 48.1 Å². The fourth-order valence-electron chi connectivity index (χ4n) is 5.50. The number of fused-ring (bicyclic) bond motifs is 2. The second-order valence-electron chi connectivity index (χ2n) is 17.8. The van der Waals surface area contributed by atoms with Crippen LogP contribution in [0.3, 0.4) is 0 Å². The van der Waals surface area contributed by atoms with Crippen molar-refractivity contribution in [2.24, 2.45) is 0 Å². The highest BCUT2D eigenvalue weighted by Gasteiger charge is 2.31. The zero-order chi connectivity index (χ0) is 42.2. The Bertz CT molecular complexity index is 2240. The maximum Gasteiger partial charge on any atom is 0.334 e. The number of sulfonamides is 1. The van der Waals surface area contributed by atoms with Crippen molar-refractivity contribution in [3.05, 3.63) is 35.9 Å². The van der Waals surface area contributed by atoms with E-state index < -0.39 is 31.4 Å². The van der Waals surface area contributed by atoms with Crippen molar-refractivity contribution in [1.29, 1.82) is 0 Å². The Hall–Kier alpha value is -4.59. The number of aryl methyl sites for hydroxylation is 2. The number of anilines is 2. The molecule has 56 heavy (non-hydrogen) atoms. The van der Waals surface area contributed by atoms with Gasteiger partial charge in [-0.05, 0) is 41.5 Å². The third-order valence-electron chi connectivity index (χ3n) is 8.44. The van der Waals surface area contributed by atoms with Crippen LogP contribution in [0, 0.1) is 0 Å². The molecule has 0 saturated carbocycles. The van der Waals surface area contributed by atoms with Crippen molar-refractivity contribution in [2.45, 2.75) is 141 Å². The lowest BCUT2D eigenvalue weighted by molar-refractivity contribution is 0.224. The number of carbonyl (C=O) groups is 1. The molecule has 4 aromatic rings. The average molecular weight is 822 g/mol. The number of nitrogens with two attached hydrogens (primary N) is 1. The first-order valence-electron chi connectivity index (χ1n) is 18.4. The van der Waals surface area contributed by atoms with Crippen molar-refractivity contribution < 1.29 is 31.1 Å². The van der Waals surface area contributed by atoms with Gasteiger partial charge in [-0.2, -0.15) is 20.4 Å². The molecule has 0 fully saturated rings. The third-order valence-corrected chi connectivity index (χ3v) is 10.8. The predicted octanol–water partition coefficient (Wildman–Crippen LogP) is 5.01. The van der Waals surface area contributed by atoms with Crippen molar-refractivity contribution in [3.8, 4) is 11.8 Å². The average Bonchev–Trinajstić information content (AvgIpc) is 3.84. The van der Waals surface area contributed by atoms with Gasteiger partial charge >= 0.3 is 6.03 Å². The number of carbonyl (C=O) groups excluding carboxylic acids is 1. The minimum absolute atomic E-state index is 0.0480. The van der Waals surface area contributed by atoms with E-state index in [0.29, 0.717) is 31.5 Å². The lowest BCUT2D eigenvalue weighted by atomic mass is 9.92. The van der Waals surface area contributed by atoms with E-state index in [1.54, 1.807) is 15.4 Å². The zero-order valence-corrected chi connectivity index (χ0v) is 36.5.